The van der Waals surface area contributed by atoms with E-state index in [9.17, 15) is 18.3 Å². The third-order valence-electron chi connectivity index (χ3n) is 5.59. The average Bonchev–Trinajstić information content (AvgIpc) is 3.24. The molecule has 0 spiro atoms. The number of aliphatic hydroxyl groups excluding tert-OH is 1. The summed E-state index contributed by atoms with van der Waals surface area (Å²) in [5.74, 6) is -0.477. The van der Waals surface area contributed by atoms with Gasteiger partial charge in [0.15, 0.2) is 9.84 Å². The second-order valence-corrected chi connectivity index (χ2v) is 10.9. The highest BCUT2D eigenvalue weighted by atomic mass is 32.2. The van der Waals surface area contributed by atoms with E-state index in [-0.39, 0.29) is 17.6 Å². The third-order valence-corrected chi connectivity index (χ3v) is 8.11. The number of hydrogen-bond acceptors (Lipinski definition) is 7. The van der Waals surface area contributed by atoms with Crippen LogP contribution in [0.2, 0.25) is 0 Å². The molecule has 1 aliphatic rings. The number of aliphatic hydroxyl groups is 1. The molecule has 2 atom stereocenters. The molecule has 0 bridgehead atoms. The van der Waals surface area contributed by atoms with Crippen molar-refractivity contribution in [1.29, 1.82) is 0 Å². The molecule has 0 saturated carbocycles. The van der Waals surface area contributed by atoms with Crippen molar-refractivity contribution < 1.29 is 27.6 Å². The SMILES string of the molecule is C[C@H](O)C(C)(C)c1cc(NC(=O)C(C)(C)S(=O)(=O)CC[C@H]2CCOC2)on1. The zero-order valence-corrected chi connectivity index (χ0v) is 17.4. The van der Waals surface area contributed by atoms with Crippen molar-refractivity contribution in [3.05, 3.63) is 11.8 Å². The molecule has 0 aromatic carbocycles. The molecule has 27 heavy (non-hydrogen) atoms. The predicted molar refractivity (Wildman–Crippen MR) is 101 cm³/mol. The third kappa shape index (κ3) is 4.70. The van der Waals surface area contributed by atoms with Gasteiger partial charge in [0.25, 0.3) is 0 Å². The summed E-state index contributed by atoms with van der Waals surface area (Å²) < 4.78 is 34.2. The van der Waals surface area contributed by atoms with Crippen LogP contribution in [0.25, 0.3) is 0 Å². The number of aromatic nitrogens is 1. The highest BCUT2D eigenvalue weighted by Gasteiger charge is 2.42. The Hall–Kier alpha value is -1.45. The maximum atomic E-state index is 12.7. The van der Waals surface area contributed by atoms with E-state index in [1.54, 1.807) is 20.8 Å². The highest BCUT2D eigenvalue weighted by Crippen LogP contribution is 2.29. The average molecular weight is 403 g/mol. The van der Waals surface area contributed by atoms with Gasteiger partial charge in [0.1, 0.15) is 4.75 Å². The van der Waals surface area contributed by atoms with Crippen LogP contribution in [0, 0.1) is 5.92 Å². The molecule has 1 aromatic rings. The Morgan fingerprint density at radius 3 is 2.63 bits per heavy atom. The van der Waals surface area contributed by atoms with E-state index in [4.69, 9.17) is 9.26 Å². The van der Waals surface area contributed by atoms with Gasteiger partial charge in [-0.3, -0.25) is 10.1 Å². The second kappa shape index (κ2) is 7.89. The molecule has 0 unspecified atom stereocenters. The van der Waals surface area contributed by atoms with Crippen LogP contribution in [0.1, 0.15) is 53.2 Å². The lowest BCUT2D eigenvalue weighted by atomic mass is 9.84. The fourth-order valence-electron chi connectivity index (χ4n) is 2.64. The number of anilines is 1. The van der Waals surface area contributed by atoms with Crippen molar-refractivity contribution in [3.63, 3.8) is 0 Å². The van der Waals surface area contributed by atoms with E-state index in [1.165, 1.54) is 19.9 Å². The van der Waals surface area contributed by atoms with Crippen LogP contribution in [0.3, 0.4) is 0 Å². The largest absolute Gasteiger partial charge is 0.392 e. The van der Waals surface area contributed by atoms with Crippen LogP contribution in [-0.4, -0.2) is 54.4 Å². The fraction of sp³-hybridized carbons (Fsp3) is 0.778. The topological polar surface area (TPSA) is 119 Å². The molecule has 9 heteroatoms. The molecule has 2 rings (SSSR count). The minimum Gasteiger partial charge on any atom is -0.392 e. The molecule has 2 heterocycles. The Kier molecular flexibility index (Phi) is 6.38. The molecule has 1 aliphatic heterocycles. The first-order valence-electron chi connectivity index (χ1n) is 9.14. The number of sulfone groups is 1. The maximum Gasteiger partial charge on any atom is 0.247 e. The van der Waals surface area contributed by atoms with Crippen molar-refractivity contribution in [2.75, 3.05) is 24.3 Å². The number of amides is 1. The maximum absolute atomic E-state index is 12.7. The second-order valence-electron chi connectivity index (χ2n) is 8.28. The Bertz CT molecular complexity index is 761. The number of nitrogens with one attached hydrogen (secondary N) is 1. The zero-order chi connectivity index (χ0) is 20.5. The summed E-state index contributed by atoms with van der Waals surface area (Å²) in [6, 6.07) is 1.50. The van der Waals surface area contributed by atoms with Gasteiger partial charge in [-0.2, -0.15) is 0 Å². The molecule has 0 aliphatic carbocycles. The van der Waals surface area contributed by atoms with Crippen LogP contribution in [0.15, 0.2) is 10.6 Å². The van der Waals surface area contributed by atoms with Crippen LogP contribution < -0.4 is 5.32 Å². The van der Waals surface area contributed by atoms with E-state index in [1.807, 2.05) is 0 Å². The Labute approximate surface area is 160 Å². The van der Waals surface area contributed by atoms with Gasteiger partial charge in [0.05, 0.1) is 17.6 Å². The number of hydrogen-bond donors (Lipinski definition) is 2. The van der Waals surface area contributed by atoms with Gasteiger partial charge in [-0.1, -0.05) is 19.0 Å². The number of carbonyl (C=O) groups is 1. The van der Waals surface area contributed by atoms with Crippen molar-refractivity contribution >= 4 is 21.6 Å². The highest BCUT2D eigenvalue weighted by molar-refractivity contribution is 7.93. The molecule has 1 fully saturated rings. The Balaban J connectivity index is 2.06. The van der Waals surface area contributed by atoms with Gasteiger partial charge < -0.3 is 14.4 Å². The van der Waals surface area contributed by atoms with Crippen molar-refractivity contribution in [2.45, 2.75) is 63.7 Å². The van der Waals surface area contributed by atoms with Gasteiger partial charge in [-0.25, -0.2) is 8.42 Å². The summed E-state index contributed by atoms with van der Waals surface area (Å²) in [4.78, 5) is 12.6. The van der Waals surface area contributed by atoms with Crippen molar-refractivity contribution in [1.82, 2.24) is 5.16 Å². The summed E-state index contributed by atoms with van der Waals surface area (Å²) in [6.45, 7) is 9.23. The number of carbonyl (C=O) groups excluding carboxylic acids is 1. The smallest absolute Gasteiger partial charge is 0.247 e. The summed E-state index contributed by atoms with van der Waals surface area (Å²) >= 11 is 0. The van der Waals surface area contributed by atoms with Gasteiger partial charge in [0, 0.05) is 24.7 Å². The van der Waals surface area contributed by atoms with E-state index in [0.29, 0.717) is 25.3 Å². The van der Waals surface area contributed by atoms with Crippen molar-refractivity contribution in [3.8, 4) is 0 Å². The summed E-state index contributed by atoms with van der Waals surface area (Å²) in [6.07, 6.45) is 0.651. The molecule has 0 radical (unpaired) electrons. The lowest BCUT2D eigenvalue weighted by molar-refractivity contribution is -0.118. The van der Waals surface area contributed by atoms with Crippen molar-refractivity contribution in [2.24, 2.45) is 5.92 Å². The van der Waals surface area contributed by atoms with Crippen LogP contribution >= 0.6 is 0 Å². The normalized spacial score (nSPS) is 19.9. The molecule has 8 nitrogen and oxygen atoms in total. The first kappa shape index (κ1) is 21.8. The van der Waals surface area contributed by atoms with E-state index >= 15 is 0 Å². The lowest BCUT2D eigenvalue weighted by Crippen LogP contribution is -2.45. The standard InChI is InChI=1S/C18H30N2O6S/c1-12(21)17(2,3)14-10-15(26-20-14)19-16(22)18(4,5)27(23,24)9-7-13-6-8-25-11-13/h10,12-13,21H,6-9,11H2,1-5H3,(H,19,22)/t12-,13+/m0/s1. The number of rotatable bonds is 8. The minimum absolute atomic E-state index is 0.0520. The number of nitrogens with zero attached hydrogens (tertiary/aromatic N) is 1. The van der Waals surface area contributed by atoms with Crippen LogP contribution in [0.5, 0.6) is 0 Å². The van der Waals surface area contributed by atoms with Gasteiger partial charge in [-0.05, 0) is 39.5 Å². The van der Waals surface area contributed by atoms with E-state index in [0.717, 1.165) is 6.42 Å². The first-order valence-corrected chi connectivity index (χ1v) is 10.8. The zero-order valence-electron chi connectivity index (χ0n) is 16.6. The lowest BCUT2D eigenvalue weighted by Gasteiger charge is -2.25. The number of ether oxygens (including phenoxy) is 1. The summed E-state index contributed by atoms with van der Waals surface area (Å²) in [7, 11) is -3.67. The molecule has 1 saturated heterocycles. The van der Waals surface area contributed by atoms with Gasteiger partial charge in [0.2, 0.25) is 11.8 Å². The fourth-order valence-corrected chi connectivity index (χ4v) is 4.13. The van der Waals surface area contributed by atoms with Gasteiger partial charge >= 0.3 is 0 Å². The summed E-state index contributed by atoms with van der Waals surface area (Å²) in [5.41, 5.74) is -0.202. The molecule has 2 N–H and O–H groups in total. The predicted octanol–water partition coefficient (Wildman–Crippen LogP) is 1.89. The Morgan fingerprint density at radius 2 is 2.07 bits per heavy atom. The van der Waals surface area contributed by atoms with E-state index in [2.05, 4.69) is 10.5 Å². The molecule has 1 amide bonds. The van der Waals surface area contributed by atoms with Gasteiger partial charge in [-0.15, -0.1) is 0 Å². The van der Waals surface area contributed by atoms with Crippen LogP contribution in [0.4, 0.5) is 5.88 Å². The quantitative estimate of drug-likeness (QED) is 0.681. The molecular formula is C18H30N2O6S. The minimum atomic E-state index is -3.67. The molecular weight excluding hydrogens is 372 g/mol. The Morgan fingerprint density at radius 1 is 1.41 bits per heavy atom. The molecule has 154 valence electrons. The summed E-state index contributed by atoms with van der Waals surface area (Å²) in [5, 5.41) is 16.2. The van der Waals surface area contributed by atoms with E-state index < -0.39 is 32.0 Å². The monoisotopic (exact) mass is 402 g/mol. The van der Waals surface area contributed by atoms with Crippen LogP contribution in [-0.2, 0) is 24.8 Å². The molecule has 1 aromatic heterocycles. The first-order chi connectivity index (χ1) is 12.4.